The number of thiazole rings is 1. The van der Waals surface area contributed by atoms with Crippen LogP contribution in [0.3, 0.4) is 0 Å². The van der Waals surface area contributed by atoms with Crippen LogP contribution in [0.25, 0.3) is 0 Å². The fourth-order valence-corrected chi connectivity index (χ4v) is 2.97. The first-order valence-electron chi connectivity index (χ1n) is 6.54. The van der Waals surface area contributed by atoms with Gasteiger partial charge in [0.15, 0.2) is 11.7 Å². The summed E-state index contributed by atoms with van der Waals surface area (Å²) in [5.41, 5.74) is 1.36. The van der Waals surface area contributed by atoms with Gasteiger partial charge in [0.05, 0.1) is 25.6 Å². The van der Waals surface area contributed by atoms with Crippen LogP contribution in [0, 0.1) is 0 Å². The van der Waals surface area contributed by atoms with E-state index in [2.05, 4.69) is 15.0 Å². The quantitative estimate of drug-likeness (QED) is 0.760. The second kappa shape index (κ2) is 8.39. The van der Waals surface area contributed by atoms with E-state index in [1.807, 2.05) is 16.8 Å². The fraction of sp³-hybridized carbons (Fsp3) is 0.286. The maximum absolute atomic E-state index is 11.7. The largest absolute Gasteiger partial charge is 0.469 e. The van der Waals surface area contributed by atoms with E-state index in [0.29, 0.717) is 10.8 Å². The molecule has 0 aliphatic heterocycles. The summed E-state index contributed by atoms with van der Waals surface area (Å²) in [6.07, 6.45) is 0.176. The number of ether oxygens (including phenoxy) is 2. The smallest absolute Gasteiger partial charge is 0.311 e. The molecule has 0 unspecified atom stereocenters. The van der Waals surface area contributed by atoms with Gasteiger partial charge in [0, 0.05) is 5.38 Å². The predicted molar refractivity (Wildman–Crippen MR) is 85.4 cm³/mol. The fourth-order valence-electron chi connectivity index (χ4n) is 1.58. The number of amides is 1. The van der Waals surface area contributed by atoms with E-state index in [4.69, 9.17) is 4.74 Å². The third kappa shape index (κ3) is 5.80. The summed E-state index contributed by atoms with van der Waals surface area (Å²) in [4.78, 5) is 38.5. The molecule has 7 nitrogen and oxygen atoms in total. The van der Waals surface area contributed by atoms with Crippen LogP contribution in [-0.2, 0) is 36.7 Å². The van der Waals surface area contributed by atoms with E-state index in [0.717, 1.165) is 5.56 Å². The Morgan fingerprint density at radius 3 is 2.74 bits per heavy atom. The Bertz CT molecular complexity index is 681. The highest BCUT2D eigenvalue weighted by Crippen LogP contribution is 2.16. The Balaban J connectivity index is 1.74. The van der Waals surface area contributed by atoms with Crippen LogP contribution in [-0.4, -0.2) is 36.5 Å². The van der Waals surface area contributed by atoms with Gasteiger partial charge in [0.2, 0.25) is 0 Å². The number of anilines is 1. The van der Waals surface area contributed by atoms with Crippen molar-refractivity contribution in [3.8, 4) is 0 Å². The summed E-state index contributed by atoms with van der Waals surface area (Å²) in [5.74, 6) is -1.36. The third-order valence-electron chi connectivity index (χ3n) is 2.64. The summed E-state index contributed by atoms with van der Waals surface area (Å²) in [6.45, 7) is -0.380. The number of nitrogens with one attached hydrogen (secondary N) is 1. The molecule has 0 atom stereocenters. The predicted octanol–water partition coefficient (Wildman–Crippen LogP) is 1.64. The average Bonchev–Trinajstić information content (AvgIpc) is 3.17. The number of methoxy groups -OCH3 is 1. The van der Waals surface area contributed by atoms with Crippen molar-refractivity contribution in [2.75, 3.05) is 19.0 Å². The molecule has 0 fully saturated rings. The van der Waals surface area contributed by atoms with Gasteiger partial charge in [-0.15, -0.1) is 11.3 Å². The van der Waals surface area contributed by atoms with Gasteiger partial charge in [-0.25, -0.2) is 4.98 Å². The third-order valence-corrected chi connectivity index (χ3v) is 4.18. The van der Waals surface area contributed by atoms with Crippen molar-refractivity contribution < 1.29 is 23.9 Å². The molecule has 0 saturated heterocycles. The summed E-state index contributed by atoms with van der Waals surface area (Å²) in [5, 5.41) is 8.20. The zero-order valence-corrected chi connectivity index (χ0v) is 13.9. The first kappa shape index (κ1) is 17.1. The van der Waals surface area contributed by atoms with Gasteiger partial charge in [-0.2, -0.15) is 11.3 Å². The summed E-state index contributed by atoms with van der Waals surface area (Å²) in [7, 11) is 1.29. The van der Waals surface area contributed by atoms with E-state index in [-0.39, 0.29) is 19.4 Å². The van der Waals surface area contributed by atoms with E-state index in [9.17, 15) is 14.4 Å². The highest BCUT2D eigenvalue weighted by Gasteiger charge is 2.12. The molecular formula is C14H14N2O5S2. The van der Waals surface area contributed by atoms with Crippen molar-refractivity contribution >= 4 is 45.7 Å². The molecule has 0 aliphatic rings. The van der Waals surface area contributed by atoms with E-state index in [1.165, 1.54) is 29.8 Å². The van der Waals surface area contributed by atoms with Gasteiger partial charge in [-0.05, 0) is 22.4 Å². The highest BCUT2D eigenvalue weighted by molar-refractivity contribution is 7.14. The lowest BCUT2D eigenvalue weighted by Crippen LogP contribution is -2.21. The van der Waals surface area contributed by atoms with Crippen molar-refractivity contribution in [3.05, 3.63) is 33.5 Å². The standard InChI is InChI=1S/C14H14N2O5S2/c1-20-12(18)5-10-8-23-14(15-10)16-11(17)6-21-13(19)4-9-2-3-22-7-9/h2-3,7-8H,4-6H2,1H3,(H,15,16,17). The number of carbonyl (C=O) groups is 3. The van der Waals surface area contributed by atoms with Gasteiger partial charge in [-0.3, -0.25) is 19.7 Å². The van der Waals surface area contributed by atoms with Crippen molar-refractivity contribution in [2.24, 2.45) is 0 Å². The molecule has 2 aromatic heterocycles. The molecule has 23 heavy (non-hydrogen) atoms. The molecule has 0 radical (unpaired) electrons. The number of rotatable bonds is 7. The molecule has 0 bridgehead atoms. The number of carbonyl (C=O) groups excluding carboxylic acids is 3. The second-order valence-corrected chi connectivity index (χ2v) is 6.05. The molecule has 1 N–H and O–H groups in total. The first-order valence-corrected chi connectivity index (χ1v) is 8.37. The van der Waals surface area contributed by atoms with Crippen molar-refractivity contribution in [1.82, 2.24) is 4.98 Å². The van der Waals surface area contributed by atoms with Gasteiger partial charge in [-0.1, -0.05) is 0 Å². The maximum Gasteiger partial charge on any atom is 0.311 e. The van der Waals surface area contributed by atoms with E-state index in [1.54, 1.807) is 5.38 Å². The number of aromatic nitrogens is 1. The van der Waals surface area contributed by atoms with Gasteiger partial charge in [0.25, 0.3) is 5.91 Å². The molecule has 0 aliphatic carbocycles. The molecule has 122 valence electrons. The zero-order chi connectivity index (χ0) is 16.7. The van der Waals surface area contributed by atoms with Crippen LogP contribution in [0.5, 0.6) is 0 Å². The van der Waals surface area contributed by atoms with Crippen LogP contribution in [0.1, 0.15) is 11.3 Å². The van der Waals surface area contributed by atoms with Crippen molar-refractivity contribution in [3.63, 3.8) is 0 Å². The SMILES string of the molecule is COC(=O)Cc1csc(NC(=O)COC(=O)Cc2ccsc2)n1. The summed E-state index contributed by atoms with van der Waals surface area (Å²) < 4.78 is 9.43. The number of thiophene rings is 1. The molecule has 2 heterocycles. The number of hydrogen-bond donors (Lipinski definition) is 1. The lowest BCUT2D eigenvalue weighted by Gasteiger charge is -2.04. The number of hydrogen-bond acceptors (Lipinski definition) is 8. The average molecular weight is 354 g/mol. The van der Waals surface area contributed by atoms with E-state index < -0.39 is 17.8 Å². The molecule has 0 saturated carbocycles. The Morgan fingerprint density at radius 1 is 1.22 bits per heavy atom. The Labute approximate surface area is 140 Å². The normalized spacial score (nSPS) is 10.1. The minimum absolute atomic E-state index is 0.0402. The maximum atomic E-state index is 11.7. The molecular weight excluding hydrogens is 340 g/mol. The monoisotopic (exact) mass is 354 g/mol. The zero-order valence-electron chi connectivity index (χ0n) is 12.2. The van der Waals surface area contributed by atoms with Crippen LogP contribution in [0.15, 0.2) is 22.2 Å². The van der Waals surface area contributed by atoms with Crippen LogP contribution >= 0.6 is 22.7 Å². The first-order chi connectivity index (χ1) is 11.1. The summed E-state index contributed by atoms with van der Waals surface area (Å²) in [6, 6.07) is 1.82. The molecule has 0 aromatic carbocycles. The highest BCUT2D eigenvalue weighted by atomic mass is 32.1. The van der Waals surface area contributed by atoms with Crippen LogP contribution in [0.4, 0.5) is 5.13 Å². The Kier molecular flexibility index (Phi) is 6.24. The lowest BCUT2D eigenvalue weighted by molar-refractivity contribution is -0.146. The van der Waals surface area contributed by atoms with Crippen molar-refractivity contribution in [2.45, 2.75) is 12.8 Å². The lowest BCUT2D eigenvalue weighted by atomic mass is 10.2. The van der Waals surface area contributed by atoms with Crippen LogP contribution in [0.2, 0.25) is 0 Å². The van der Waals surface area contributed by atoms with Gasteiger partial charge < -0.3 is 9.47 Å². The van der Waals surface area contributed by atoms with Crippen molar-refractivity contribution in [1.29, 1.82) is 0 Å². The number of esters is 2. The topological polar surface area (TPSA) is 94.6 Å². The molecule has 2 aromatic rings. The number of nitrogens with zero attached hydrogens (tertiary/aromatic N) is 1. The molecule has 1 amide bonds. The Hall–Kier alpha value is -2.26. The van der Waals surface area contributed by atoms with Crippen LogP contribution < -0.4 is 5.32 Å². The second-order valence-electron chi connectivity index (χ2n) is 4.41. The summed E-state index contributed by atoms with van der Waals surface area (Å²) >= 11 is 2.67. The molecule has 2 rings (SSSR count). The minimum Gasteiger partial charge on any atom is -0.469 e. The van der Waals surface area contributed by atoms with Gasteiger partial charge in [0.1, 0.15) is 0 Å². The minimum atomic E-state index is -0.484. The molecule has 0 spiro atoms. The van der Waals surface area contributed by atoms with E-state index >= 15 is 0 Å². The van der Waals surface area contributed by atoms with Gasteiger partial charge >= 0.3 is 11.9 Å². The molecule has 9 heteroatoms. The Morgan fingerprint density at radius 2 is 2.04 bits per heavy atom.